The highest BCUT2D eigenvalue weighted by Crippen LogP contribution is 2.25. The van der Waals surface area contributed by atoms with Crippen molar-refractivity contribution in [3.05, 3.63) is 54.1 Å². The number of benzene rings is 2. The van der Waals surface area contributed by atoms with Crippen molar-refractivity contribution in [3.63, 3.8) is 0 Å². The van der Waals surface area contributed by atoms with E-state index >= 15 is 0 Å². The van der Waals surface area contributed by atoms with Crippen LogP contribution in [0.3, 0.4) is 0 Å². The summed E-state index contributed by atoms with van der Waals surface area (Å²) in [6.07, 6.45) is 0. The molecule has 3 heteroatoms. The second-order valence-corrected chi connectivity index (χ2v) is 3.58. The second-order valence-electron chi connectivity index (χ2n) is 3.58. The number of hydrogen-bond acceptors (Lipinski definition) is 1. The van der Waals surface area contributed by atoms with Gasteiger partial charge in [0.2, 0.25) is 0 Å². The lowest BCUT2D eigenvalue weighted by molar-refractivity contribution is 0.340. The Morgan fingerprint density at radius 3 is 2.29 bits per heavy atom. The topological polar surface area (TPSA) is 9.23 Å². The minimum atomic E-state index is -0.572. The van der Waals surface area contributed by atoms with Crippen molar-refractivity contribution in [1.82, 2.24) is 0 Å². The van der Waals surface area contributed by atoms with E-state index < -0.39 is 11.6 Å². The molecule has 0 atom stereocenters. The molecule has 2 rings (SSSR count). The molecule has 0 N–H and O–H groups in total. The highest BCUT2D eigenvalue weighted by atomic mass is 19.1. The summed E-state index contributed by atoms with van der Waals surface area (Å²) in [5.74, 6) is -0.398. The molecule has 0 aliphatic heterocycles. The van der Waals surface area contributed by atoms with Crippen LogP contribution in [-0.4, -0.2) is 6.61 Å². The zero-order valence-corrected chi connectivity index (χ0v) is 9.41. The maximum Gasteiger partial charge on any atom is 0.133 e. The molecule has 88 valence electrons. The fourth-order valence-corrected chi connectivity index (χ4v) is 1.62. The molecule has 0 spiro atoms. The van der Waals surface area contributed by atoms with Gasteiger partial charge < -0.3 is 4.74 Å². The summed E-state index contributed by atoms with van der Waals surface area (Å²) in [7, 11) is 0. The van der Waals surface area contributed by atoms with Crippen molar-refractivity contribution >= 4 is 0 Å². The highest BCUT2D eigenvalue weighted by Gasteiger charge is 2.06. The zero-order valence-electron chi connectivity index (χ0n) is 9.41. The molecule has 0 amide bonds. The lowest BCUT2D eigenvalue weighted by Gasteiger charge is -2.06. The maximum absolute atomic E-state index is 13.5. The minimum Gasteiger partial charge on any atom is -0.494 e. The minimum absolute atomic E-state index is 0.384. The average Bonchev–Trinajstić information content (AvgIpc) is 2.31. The Morgan fingerprint density at radius 1 is 1.00 bits per heavy atom. The van der Waals surface area contributed by atoms with Gasteiger partial charge in [0.1, 0.15) is 17.4 Å². The molecule has 0 aliphatic rings. The fraction of sp³-hybridized carbons (Fsp3) is 0.143. The molecule has 0 saturated carbocycles. The molecule has 2 aromatic rings. The maximum atomic E-state index is 13.5. The van der Waals surface area contributed by atoms with Gasteiger partial charge in [-0.15, -0.1) is 0 Å². The Balaban J connectivity index is 2.33. The molecule has 0 aliphatic carbocycles. The van der Waals surface area contributed by atoms with Crippen LogP contribution in [0.1, 0.15) is 6.92 Å². The van der Waals surface area contributed by atoms with Gasteiger partial charge in [-0.25, -0.2) is 8.78 Å². The first-order valence-electron chi connectivity index (χ1n) is 5.39. The van der Waals surface area contributed by atoms with Crippen molar-refractivity contribution < 1.29 is 13.5 Å². The standard InChI is InChI=1S/C14H12F2O/c1-2-17-12-6-3-10(4-7-12)13-8-5-11(15)9-14(13)16/h3-9H,2H2,1H3. The van der Waals surface area contributed by atoms with Gasteiger partial charge in [-0.3, -0.25) is 0 Å². The predicted molar refractivity (Wildman–Crippen MR) is 63.0 cm³/mol. The zero-order chi connectivity index (χ0) is 12.3. The molecular weight excluding hydrogens is 222 g/mol. The summed E-state index contributed by atoms with van der Waals surface area (Å²) >= 11 is 0. The van der Waals surface area contributed by atoms with E-state index in [9.17, 15) is 8.78 Å². The van der Waals surface area contributed by atoms with Crippen LogP contribution in [0, 0.1) is 11.6 Å². The van der Waals surface area contributed by atoms with Crippen LogP contribution in [0.4, 0.5) is 8.78 Å². The van der Waals surface area contributed by atoms with Crippen molar-refractivity contribution in [2.45, 2.75) is 6.92 Å². The summed E-state index contributed by atoms with van der Waals surface area (Å²) in [6, 6.07) is 10.6. The van der Waals surface area contributed by atoms with Crippen molar-refractivity contribution in [2.24, 2.45) is 0 Å². The Hall–Kier alpha value is -1.90. The molecule has 0 radical (unpaired) electrons. The van der Waals surface area contributed by atoms with E-state index in [0.29, 0.717) is 17.7 Å². The highest BCUT2D eigenvalue weighted by molar-refractivity contribution is 5.64. The normalized spacial score (nSPS) is 10.3. The Kier molecular flexibility index (Phi) is 3.38. The number of halogens is 2. The van der Waals surface area contributed by atoms with Gasteiger partial charge >= 0.3 is 0 Å². The first-order valence-corrected chi connectivity index (χ1v) is 5.39. The van der Waals surface area contributed by atoms with E-state index in [0.717, 1.165) is 11.8 Å². The van der Waals surface area contributed by atoms with Crippen LogP contribution in [0.2, 0.25) is 0 Å². The van der Waals surface area contributed by atoms with E-state index in [-0.39, 0.29) is 0 Å². The quantitative estimate of drug-likeness (QED) is 0.779. The van der Waals surface area contributed by atoms with Gasteiger partial charge in [-0.2, -0.15) is 0 Å². The van der Waals surface area contributed by atoms with Gasteiger partial charge in [0.25, 0.3) is 0 Å². The summed E-state index contributed by atoms with van der Waals surface area (Å²) in [4.78, 5) is 0. The van der Waals surface area contributed by atoms with Gasteiger partial charge in [0.15, 0.2) is 0 Å². The van der Waals surface area contributed by atoms with Gasteiger partial charge in [0.05, 0.1) is 6.61 Å². The summed E-state index contributed by atoms with van der Waals surface area (Å²) in [5.41, 5.74) is 1.08. The molecule has 0 unspecified atom stereocenters. The van der Waals surface area contributed by atoms with E-state index in [4.69, 9.17) is 4.74 Å². The average molecular weight is 234 g/mol. The van der Waals surface area contributed by atoms with E-state index in [2.05, 4.69) is 0 Å². The fourth-order valence-electron chi connectivity index (χ4n) is 1.62. The van der Waals surface area contributed by atoms with Gasteiger partial charge in [-0.05, 0) is 36.8 Å². The van der Waals surface area contributed by atoms with Gasteiger partial charge in [0, 0.05) is 11.6 Å². The first kappa shape index (κ1) is 11.6. The predicted octanol–water partition coefficient (Wildman–Crippen LogP) is 4.03. The third-order valence-electron chi connectivity index (χ3n) is 2.41. The Bertz CT molecular complexity index is 506. The smallest absolute Gasteiger partial charge is 0.133 e. The van der Waals surface area contributed by atoms with Crippen molar-refractivity contribution in [3.8, 4) is 16.9 Å². The summed E-state index contributed by atoms with van der Waals surface area (Å²) in [6.45, 7) is 2.48. The van der Waals surface area contributed by atoms with Gasteiger partial charge in [-0.1, -0.05) is 12.1 Å². The Labute approximate surface area is 98.7 Å². The molecule has 2 aromatic carbocycles. The van der Waals surface area contributed by atoms with Crippen molar-refractivity contribution in [2.75, 3.05) is 6.61 Å². The molecule has 0 aromatic heterocycles. The van der Waals surface area contributed by atoms with Crippen LogP contribution < -0.4 is 4.74 Å². The van der Waals surface area contributed by atoms with Crippen LogP contribution in [0.15, 0.2) is 42.5 Å². The molecule has 1 nitrogen and oxygen atoms in total. The van der Waals surface area contributed by atoms with E-state index in [1.807, 2.05) is 6.92 Å². The second kappa shape index (κ2) is 4.95. The molecular formula is C14H12F2O. The molecule has 0 bridgehead atoms. The molecule has 0 fully saturated rings. The third kappa shape index (κ3) is 2.61. The van der Waals surface area contributed by atoms with Crippen LogP contribution in [0.25, 0.3) is 11.1 Å². The van der Waals surface area contributed by atoms with Crippen LogP contribution >= 0.6 is 0 Å². The summed E-state index contributed by atoms with van der Waals surface area (Å²) in [5, 5.41) is 0. The first-order chi connectivity index (χ1) is 8.20. The van der Waals surface area contributed by atoms with Crippen molar-refractivity contribution in [1.29, 1.82) is 0 Å². The SMILES string of the molecule is CCOc1ccc(-c2ccc(F)cc2F)cc1. The number of ether oxygens (including phenoxy) is 1. The Morgan fingerprint density at radius 2 is 1.71 bits per heavy atom. The van der Waals surface area contributed by atoms with Crippen LogP contribution in [-0.2, 0) is 0 Å². The third-order valence-corrected chi connectivity index (χ3v) is 2.41. The lowest BCUT2D eigenvalue weighted by Crippen LogP contribution is -1.91. The largest absolute Gasteiger partial charge is 0.494 e. The number of rotatable bonds is 3. The number of hydrogen-bond donors (Lipinski definition) is 0. The molecule has 0 heterocycles. The molecule has 17 heavy (non-hydrogen) atoms. The van der Waals surface area contributed by atoms with E-state index in [1.54, 1.807) is 24.3 Å². The van der Waals surface area contributed by atoms with E-state index in [1.165, 1.54) is 12.1 Å². The van der Waals surface area contributed by atoms with Crippen LogP contribution in [0.5, 0.6) is 5.75 Å². The molecule has 0 saturated heterocycles. The summed E-state index contributed by atoms with van der Waals surface area (Å²) < 4.78 is 31.6. The monoisotopic (exact) mass is 234 g/mol. The lowest BCUT2D eigenvalue weighted by atomic mass is 10.1.